The summed E-state index contributed by atoms with van der Waals surface area (Å²) in [5.74, 6) is 0. The van der Waals surface area contributed by atoms with Crippen molar-refractivity contribution in [3.8, 4) is 16.9 Å². The lowest BCUT2D eigenvalue weighted by atomic mass is 10.1. The average Bonchev–Trinajstić information content (AvgIpc) is 3.24. The zero-order chi connectivity index (χ0) is 21.0. The molecule has 2 heterocycles. The highest BCUT2D eigenvalue weighted by Crippen LogP contribution is 2.23. The fraction of sp³-hybridized carbons (Fsp3) is 0. The Balaban J connectivity index is 1.60. The van der Waals surface area contributed by atoms with Gasteiger partial charge in [-0.1, -0.05) is 54.6 Å². The van der Waals surface area contributed by atoms with Gasteiger partial charge in [-0.2, -0.15) is 10.2 Å². The van der Waals surface area contributed by atoms with Crippen LogP contribution in [0.4, 0.5) is 5.69 Å². The third-order valence-corrected chi connectivity index (χ3v) is 4.83. The first kappa shape index (κ1) is 18.6. The highest BCUT2D eigenvalue weighted by Gasteiger charge is 2.16. The summed E-state index contributed by atoms with van der Waals surface area (Å²) in [5.41, 5.74) is 6.41. The van der Waals surface area contributed by atoms with Crippen LogP contribution in [0.3, 0.4) is 0 Å². The predicted molar refractivity (Wildman–Crippen MR) is 123 cm³/mol. The minimum atomic E-state index is -0.442. The molecule has 0 bridgehead atoms. The molecule has 0 aliphatic rings. The summed E-state index contributed by atoms with van der Waals surface area (Å²) in [6.07, 6.45) is 3.50. The van der Waals surface area contributed by atoms with Gasteiger partial charge in [0, 0.05) is 17.1 Å². The largest absolute Gasteiger partial charge is 0.422 e. The maximum Gasteiger partial charge on any atom is 0.345 e. The smallest absolute Gasteiger partial charge is 0.345 e. The van der Waals surface area contributed by atoms with Crippen molar-refractivity contribution in [2.45, 2.75) is 0 Å². The molecule has 150 valence electrons. The molecule has 0 saturated heterocycles. The van der Waals surface area contributed by atoms with Crippen LogP contribution in [0.1, 0.15) is 5.56 Å². The molecule has 0 aliphatic heterocycles. The van der Waals surface area contributed by atoms with E-state index in [1.54, 1.807) is 23.0 Å². The number of rotatable bonds is 5. The van der Waals surface area contributed by atoms with E-state index >= 15 is 0 Å². The van der Waals surface area contributed by atoms with Gasteiger partial charge >= 0.3 is 5.63 Å². The highest BCUT2D eigenvalue weighted by atomic mass is 16.4. The SMILES string of the molecule is O=c1oc2ccccc2cc1-c1nn(-c2ccccc2)cc1/C=N/Nc1ccccc1. The Morgan fingerprint density at radius 2 is 1.61 bits per heavy atom. The van der Waals surface area contributed by atoms with E-state index in [4.69, 9.17) is 4.42 Å². The molecule has 6 heteroatoms. The Hall–Kier alpha value is -4.45. The summed E-state index contributed by atoms with van der Waals surface area (Å²) in [5, 5.41) is 9.85. The summed E-state index contributed by atoms with van der Waals surface area (Å²) in [6.45, 7) is 0. The number of hydrogen-bond acceptors (Lipinski definition) is 5. The Bertz CT molecular complexity index is 1420. The Morgan fingerprint density at radius 1 is 0.903 bits per heavy atom. The van der Waals surface area contributed by atoms with Gasteiger partial charge < -0.3 is 4.42 Å². The van der Waals surface area contributed by atoms with Gasteiger partial charge in [0.25, 0.3) is 0 Å². The summed E-state index contributed by atoms with van der Waals surface area (Å²) in [6, 6.07) is 28.6. The Labute approximate surface area is 178 Å². The molecule has 2 aromatic heterocycles. The molecule has 3 aromatic carbocycles. The summed E-state index contributed by atoms with van der Waals surface area (Å²) >= 11 is 0. The molecule has 5 rings (SSSR count). The first-order valence-corrected chi connectivity index (χ1v) is 9.80. The van der Waals surface area contributed by atoms with E-state index in [1.807, 2.05) is 85.1 Å². The number of fused-ring (bicyclic) bond motifs is 1. The maximum absolute atomic E-state index is 12.8. The lowest BCUT2D eigenvalue weighted by Gasteiger charge is -2.02. The van der Waals surface area contributed by atoms with Gasteiger partial charge in [-0.3, -0.25) is 5.43 Å². The molecule has 0 aliphatic carbocycles. The number of nitrogens with zero attached hydrogens (tertiary/aromatic N) is 3. The van der Waals surface area contributed by atoms with E-state index in [0.29, 0.717) is 22.4 Å². The number of para-hydroxylation sites is 3. The molecule has 0 spiro atoms. The standard InChI is InChI=1S/C25H18N4O2/c30-25-22(15-18-9-7-8-14-23(18)31-25)24-19(16-26-27-20-10-3-1-4-11-20)17-29(28-24)21-12-5-2-6-13-21/h1-17,27H/b26-16+. The molecular weight excluding hydrogens is 388 g/mol. The van der Waals surface area contributed by atoms with Crippen molar-refractivity contribution in [1.82, 2.24) is 9.78 Å². The molecule has 6 nitrogen and oxygen atoms in total. The van der Waals surface area contributed by atoms with E-state index in [0.717, 1.165) is 16.8 Å². The average molecular weight is 406 g/mol. The molecule has 1 N–H and O–H groups in total. The number of hydrogen-bond donors (Lipinski definition) is 1. The Morgan fingerprint density at radius 3 is 2.42 bits per heavy atom. The van der Waals surface area contributed by atoms with Crippen molar-refractivity contribution in [2.75, 3.05) is 5.43 Å². The van der Waals surface area contributed by atoms with Gasteiger partial charge in [-0.25, -0.2) is 9.48 Å². The maximum atomic E-state index is 12.8. The van der Waals surface area contributed by atoms with Crippen LogP contribution < -0.4 is 11.1 Å². The molecule has 0 radical (unpaired) electrons. The van der Waals surface area contributed by atoms with Crippen LogP contribution >= 0.6 is 0 Å². The van der Waals surface area contributed by atoms with Crippen molar-refractivity contribution in [1.29, 1.82) is 0 Å². The molecule has 0 amide bonds. The normalized spacial score (nSPS) is 11.2. The highest BCUT2D eigenvalue weighted by molar-refractivity contribution is 5.91. The number of anilines is 1. The molecule has 5 aromatic rings. The van der Waals surface area contributed by atoms with Crippen LogP contribution in [0.2, 0.25) is 0 Å². The molecule has 31 heavy (non-hydrogen) atoms. The van der Waals surface area contributed by atoms with E-state index in [2.05, 4.69) is 15.6 Å². The molecule has 0 fully saturated rings. The van der Waals surface area contributed by atoms with Gasteiger partial charge in [0.2, 0.25) is 0 Å². The lowest BCUT2D eigenvalue weighted by Crippen LogP contribution is -2.05. The van der Waals surface area contributed by atoms with Crippen LogP contribution in [0.5, 0.6) is 0 Å². The quantitative estimate of drug-likeness (QED) is 0.251. The van der Waals surface area contributed by atoms with Gasteiger partial charge in [-0.15, -0.1) is 0 Å². The third kappa shape index (κ3) is 3.86. The minimum Gasteiger partial charge on any atom is -0.422 e. The third-order valence-electron chi connectivity index (χ3n) is 4.83. The number of hydrazone groups is 1. The second-order valence-corrected chi connectivity index (χ2v) is 6.93. The Kier molecular flexibility index (Phi) is 4.86. The zero-order valence-corrected chi connectivity index (χ0v) is 16.5. The van der Waals surface area contributed by atoms with Crippen molar-refractivity contribution in [3.63, 3.8) is 0 Å². The van der Waals surface area contributed by atoms with Gasteiger partial charge in [0.05, 0.1) is 23.2 Å². The topological polar surface area (TPSA) is 72.4 Å². The van der Waals surface area contributed by atoms with Crippen molar-refractivity contribution in [2.24, 2.45) is 5.10 Å². The van der Waals surface area contributed by atoms with Gasteiger partial charge in [-0.05, 0) is 36.4 Å². The van der Waals surface area contributed by atoms with Crippen molar-refractivity contribution >= 4 is 22.9 Å². The molecule has 0 atom stereocenters. The van der Waals surface area contributed by atoms with E-state index < -0.39 is 5.63 Å². The summed E-state index contributed by atoms with van der Waals surface area (Å²) in [4.78, 5) is 12.8. The molecule has 0 saturated carbocycles. The van der Waals surface area contributed by atoms with Crippen molar-refractivity contribution in [3.05, 3.63) is 113 Å². The fourth-order valence-corrected chi connectivity index (χ4v) is 3.32. The van der Waals surface area contributed by atoms with Crippen molar-refractivity contribution < 1.29 is 4.42 Å². The lowest BCUT2D eigenvalue weighted by molar-refractivity contribution is 0.563. The second-order valence-electron chi connectivity index (χ2n) is 6.93. The molecule has 0 unspecified atom stereocenters. The minimum absolute atomic E-state index is 0.384. The first-order chi connectivity index (χ1) is 15.3. The van der Waals surface area contributed by atoms with Crippen LogP contribution in [-0.2, 0) is 0 Å². The van der Waals surface area contributed by atoms with E-state index in [9.17, 15) is 4.79 Å². The van der Waals surface area contributed by atoms with Crippen LogP contribution in [0.25, 0.3) is 27.9 Å². The first-order valence-electron chi connectivity index (χ1n) is 9.80. The number of nitrogens with one attached hydrogen (secondary N) is 1. The van der Waals surface area contributed by atoms with Gasteiger partial charge in [0.15, 0.2) is 0 Å². The fourth-order valence-electron chi connectivity index (χ4n) is 3.32. The second kappa shape index (κ2) is 8.12. The zero-order valence-electron chi connectivity index (χ0n) is 16.5. The van der Waals surface area contributed by atoms with Crippen LogP contribution in [-0.4, -0.2) is 16.0 Å². The summed E-state index contributed by atoms with van der Waals surface area (Å²) < 4.78 is 7.26. The van der Waals surface area contributed by atoms with E-state index in [-0.39, 0.29) is 0 Å². The van der Waals surface area contributed by atoms with E-state index in [1.165, 1.54) is 0 Å². The van der Waals surface area contributed by atoms with Crippen LogP contribution in [0, 0.1) is 0 Å². The molecular formula is C25H18N4O2. The number of benzene rings is 3. The van der Waals surface area contributed by atoms with Gasteiger partial charge in [0.1, 0.15) is 11.3 Å². The predicted octanol–water partition coefficient (Wildman–Crippen LogP) is 5.09. The van der Waals surface area contributed by atoms with Crippen LogP contribution in [0.15, 0.2) is 112 Å². The summed E-state index contributed by atoms with van der Waals surface area (Å²) in [7, 11) is 0. The number of aromatic nitrogens is 2. The monoisotopic (exact) mass is 406 g/mol.